The third-order valence-electron chi connectivity index (χ3n) is 2.77. The SMILES string of the molecule is O=C1OC(=O)c2c(OC3=CC(=S)C=CC3=S)cccc21. The van der Waals surface area contributed by atoms with Crippen molar-refractivity contribution in [1.82, 2.24) is 0 Å². The average Bonchev–Trinajstić information content (AvgIpc) is 2.71. The number of benzene rings is 1. The van der Waals surface area contributed by atoms with Crippen LogP contribution in [0.1, 0.15) is 20.7 Å². The van der Waals surface area contributed by atoms with Gasteiger partial charge >= 0.3 is 11.9 Å². The Morgan fingerprint density at radius 3 is 2.65 bits per heavy atom. The van der Waals surface area contributed by atoms with Crippen molar-refractivity contribution in [2.45, 2.75) is 0 Å². The number of esters is 2. The molecule has 1 aromatic carbocycles. The molecule has 6 heteroatoms. The lowest BCUT2D eigenvalue weighted by molar-refractivity contribution is 0.0443. The lowest BCUT2D eigenvalue weighted by atomic mass is 10.1. The molecule has 1 aliphatic carbocycles. The molecule has 0 saturated carbocycles. The van der Waals surface area contributed by atoms with E-state index >= 15 is 0 Å². The van der Waals surface area contributed by atoms with Gasteiger partial charge in [0.1, 0.15) is 17.1 Å². The van der Waals surface area contributed by atoms with Crippen LogP contribution in [0.25, 0.3) is 0 Å². The van der Waals surface area contributed by atoms with Crippen molar-refractivity contribution >= 4 is 46.1 Å². The fourth-order valence-corrected chi connectivity index (χ4v) is 2.22. The van der Waals surface area contributed by atoms with Crippen LogP contribution in [0.2, 0.25) is 0 Å². The van der Waals surface area contributed by atoms with Crippen molar-refractivity contribution in [3.8, 4) is 5.75 Å². The maximum absolute atomic E-state index is 11.7. The second-order valence-corrected chi connectivity index (χ2v) is 4.98. The Kier molecular flexibility index (Phi) is 3.04. The zero-order valence-electron chi connectivity index (χ0n) is 9.91. The summed E-state index contributed by atoms with van der Waals surface area (Å²) in [5, 5.41) is 0. The van der Waals surface area contributed by atoms with Gasteiger partial charge in [0.15, 0.2) is 0 Å². The van der Waals surface area contributed by atoms with E-state index in [9.17, 15) is 9.59 Å². The van der Waals surface area contributed by atoms with Crippen LogP contribution in [0.5, 0.6) is 5.75 Å². The van der Waals surface area contributed by atoms with Gasteiger partial charge in [0.05, 0.1) is 10.4 Å². The molecular weight excluding hydrogens is 296 g/mol. The Morgan fingerprint density at radius 1 is 1.05 bits per heavy atom. The highest BCUT2D eigenvalue weighted by molar-refractivity contribution is 7.82. The van der Waals surface area contributed by atoms with Gasteiger partial charge in [-0.2, -0.15) is 0 Å². The Labute approximate surface area is 124 Å². The predicted molar refractivity (Wildman–Crippen MR) is 79.2 cm³/mol. The molecule has 1 aromatic rings. The van der Waals surface area contributed by atoms with Gasteiger partial charge in [0.25, 0.3) is 0 Å². The molecule has 0 aromatic heterocycles. The van der Waals surface area contributed by atoms with Crippen LogP contribution in [0, 0.1) is 0 Å². The van der Waals surface area contributed by atoms with E-state index in [1.54, 1.807) is 30.4 Å². The van der Waals surface area contributed by atoms with Crippen LogP contribution < -0.4 is 4.74 Å². The van der Waals surface area contributed by atoms with Gasteiger partial charge in [-0.15, -0.1) is 0 Å². The van der Waals surface area contributed by atoms with Crippen LogP contribution in [0.4, 0.5) is 0 Å². The van der Waals surface area contributed by atoms with E-state index in [2.05, 4.69) is 4.74 Å². The van der Waals surface area contributed by atoms with Crippen molar-refractivity contribution in [2.24, 2.45) is 0 Å². The Bertz CT molecular complexity index is 744. The number of hydrogen-bond donors (Lipinski definition) is 0. The van der Waals surface area contributed by atoms with Crippen LogP contribution in [0.3, 0.4) is 0 Å². The Morgan fingerprint density at radius 2 is 1.85 bits per heavy atom. The van der Waals surface area contributed by atoms with Crippen molar-refractivity contribution in [2.75, 3.05) is 0 Å². The fraction of sp³-hybridized carbons (Fsp3) is 0. The van der Waals surface area contributed by atoms with E-state index in [0.29, 0.717) is 15.5 Å². The average molecular weight is 302 g/mol. The lowest BCUT2D eigenvalue weighted by Gasteiger charge is -2.13. The van der Waals surface area contributed by atoms with Crippen molar-refractivity contribution in [3.63, 3.8) is 0 Å². The number of ether oxygens (including phenoxy) is 2. The van der Waals surface area contributed by atoms with E-state index in [0.717, 1.165) is 0 Å². The largest absolute Gasteiger partial charge is 0.455 e. The number of carbonyl (C=O) groups is 2. The number of hydrogen-bond acceptors (Lipinski definition) is 6. The van der Waals surface area contributed by atoms with E-state index in [4.69, 9.17) is 29.2 Å². The van der Waals surface area contributed by atoms with E-state index in [-0.39, 0.29) is 16.9 Å². The number of cyclic esters (lactones) is 2. The van der Waals surface area contributed by atoms with Crippen LogP contribution in [-0.2, 0) is 4.74 Å². The summed E-state index contributed by atoms with van der Waals surface area (Å²) >= 11 is 10.2. The van der Waals surface area contributed by atoms with Gasteiger partial charge in [-0.05, 0) is 24.3 Å². The molecule has 20 heavy (non-hydrogen) atoms. The smallest absolute Gasteiger partial charge is 0.350 e. The van der Waals surface area contributed by atoms with E-state index < -0.39 is 11.9 Å². The fourth-order valence-electron chi connectivity index (χ4n) is 1.87. The maximum Gasteiger partial charge on any atom is 0.350 e. The Hall–Kier alpha value is -2.18. The molecular formula is C14H6O4S2. The summed E-state index contributed by atoms with van der Waals surface area (Å²) in [5.74, 6) is -0.801. The minimum absolute atomic E-state index is 0.113. The third-order valence-corrected chi connectivity index (χ3v) is 3.36. The normalized spacial score (nSPS) is 16.9. The van der Waals surface area contributed by atoms with Gasteiger partial charge in [-0.1, -0.05) is 30.5 Å². The first-order chi connectivity index (χ1) is 9.56. The molecule has 1 heterocycles. The molecule has 0 radical (unpaired) electrons. The second-order valence-electron chi connectivity index (χ2n) is 4.07. The second kappa shape index (κ2) is 4.73. The van der Waals surface area contributed by atoms with Gasteiger partial charge in [-0.3, -0.25) is 0 Å². The molecule has 0 spiro atoms. The van der Waals surface area contributed by atoms with Crippen molar-refractivity contribution in [3.05, 3.63) is 53.3 Å². The molecule has 0 saturated heterocycles. The summed E-state index contributed by atoms with van der Waals surface area (Å²) in [6.07, 6.45) is 4.94. The summed E-state index contributed by atoms with van der Waals surface area (Å²) in [6, 6.07) is 4.69. The number of carbonyl (C=O) groups excluding carboxylic acids is 2. The molecule has 0 N–H and O–H groups in total. The zero-order chi connectivity index (χ0) is 14.3. The molecule has 0 unspecified atom stereocenters. The summed E-state index contributed by atoms with van der Waals surface area (Å²) in [6.45, 7) is 0. The topological polar surface area (TPSA) is 52.6 Å². The van der Waals surface area contributed by atoms with Crippen molar-refractivity contribution < 1.29 is 19.1 Å². The molecule has 0 atom stereocenters. The molecule has 0 fully saturated rings. The molecule has 0 amide bonds. The van der Waals surface area contributed by atoms with E-state index in [1.807, 2.05) is 0 Å². The van der Waals surface area contributed by atoms with Gasteiger partial charge in [-0.25, -0.2) is 9.59 Å². The van der Waals surface area contributed by atoms with E-state index in [1.165, 1.54) is 6.07 Å². The number of rotatable bonds is 2. The number of fused-ring (bicyclic) bond motifs is 1. The van der Waals surface area contributed by atoms with Gasteiger partial charge < -0.3 is 9.47 Å². The maximum atomic E-state index is 11.7. The molecule has 1 aliphatic heterocycles. The summed E-state index contributed by atoms with van der Waals surface area (Å²) < 4.78 is 10.2. The Balaban J connectivity index is 2.02. The summed E-state index contributed by atoms with van der Waals surface area (Å²) in [5.41, 5.74) is 0.301. The molecule has 0 bridgehead atoms. The summed E-state index contributed by atoms with van der Waals surface area (Å²) in [4.78, 5) is 24.2. The first-order valence-electron chi connectivity index (χ1n) is 5.62. The first kappa shape index (κ1) is 12.8. The zero-order valence-corrected chi connectivity index (χ0v) is 11.5. The molecule has 2 aliphatic rings. The predicted octanol–water partition coefficient (Wildman–Crippen LogP) is 2.57. The minimum Gasteiger partial charge on any atom is -0.455 e. The highest BCUT2D eigenvalue weighted by Crippen LogP contribution is 2.30. The monoisotopic (exact) mass is 302 g/mol. The van der Waals surface area contributed by atoms with Gasteiger partial charge in [0, 0.05) is 10.9 Å². The van der Waals surface area contributed by atoms with Gasteiger partial charge in [0.2, 0.25) is 0 Å². The molecule has 3 rings (SSSR count). The summed E-state index contributed by atoms with van der Waals surface area (Å²) in [7, 11) is 0. The highest BCUT2D eigenvalue weighted by Gasteiger charge is 2.33. The molecule has 98 valence electrons. The minimum atomic E-state index is -0.721. The lowest BCUT2D eigenvalue weighted by Crippen LogP contribution is -2.12. The standard InChI is InChI=1S/C14H6O4S2/c15-13-8-2-1-3-9(12(8)14(16)18-13)17-10-6-7(19)4-5-11(10)20/h1-6H. The number of allylic oxidation sites excluding steroid dienone is 3. The number of thiocarbonyl (C=S) groups is 2. The van der Waals surface area contributed by atoms with Crippen LogP contribution in [-0.4, -0.2) is 21.7 Å². The van der Waals surface area contributed by atoms with Crippen molar-refractivity contribution in [1.29, 1.82) is 0 Å². The molecule has 4 nitrogen and oxygen atoms in total. The highest BCUT2D eigenvalue weighted by atomic mass is 32.1. The van der Waals surface area contributed by atoms with Crippen LogP contribution >= 0.6 is 24.4 Å². The van der Waals surface area contributed by atoms with Crippen LogP contribution in [0.15, 0.2) is 42.2 Å². The third kappa shape index (κ3) is 2.09. The quantitative estimate of drug-likeness (QED) is 0.475. The first-order valence-corrected chi connectivity index (χ1v) is 6.43.